The van der Waals surface area contributed by atoms with Crippen LogP contribution in [0.4, 0.5) is 0 Å². The lowest BCUT2D eigenvalue weighted by Gasteiger charge is -2.07. The van der Waals surface area contributed by atoms with Crippen molar-refractivity contribution < 1.29 is 5.11 Å². The molecule has 1 atom stereocenters. The van der Waals surface area contributed by atoms with Crippen LogP contribution in [0.5, 0.6) is 5.75 Å². The Balaban J connectivity index is 2.51. The van der Waals surface area contributed by atoms with Gasteiger partial charge in [-0.1, -0.05) is 0 Å². The van der Waals surface area contributed by atoms with E-state index in [2.05, 4.69) is 16.4 Å². The molecule has 1 unspecified atom stereocenters. The number of pyridine rings is 1. The molecule has 4 nitrogen and oxygen atoms in total. The molecule has 0 aliphatic heterocycles. The standard InChI is InChI=1S/C11H15N3O/c1-8(5-12)6-13-7-10-11(15)4-3-9(2)14-10/h3-4,8,13,15H,6-7H2,1-2H3. The van der Waals surface area contributed by atoms with Crippen molar-refractivity contribution in [1.29, 1.82) is 5.26 Å². The fourth-order valence-electron chi connectivity index (χ4n) is 1.19. The van der Waals surface area contributed by atoms with Gasteiger partial charge < -0.3 is 10.4 Å². The normalized spacial score (nSPS) is 12.1. The number of nitrogens with one attached hydrogen (secondary N) is 1. The zero-order chi connectivity index (χ0) is 11.3. The number of rotatable bonds is 4. The Hall–Kier alpha value is -1.60. The molecule has 1 heterocycles. The summed E-state index contributed by atoms with van der Waals surface area (Å²) in [7, 11) is 0. The van der Waals surface area contributed by atoms with Crippen molar-refractivity contribution in [3.05, 3.63) is 23.5 Å². The Morgan fingerprint density at radius 2 is 2.33 bits per heavy atom. The lowest BCUT2D eigenvalue weighted by molar-refractivity contribution is 0.457. The van der Waals surface area contributed by atoms with E-state index in [9.17, 15) is 5.11 Å². The van der Waals surface area contributed by atoms with E-state index in [1.807, 2.05) is 13.8 Å². The summed E-state index contributed by atoms with van der Waals surface area (Å²) in [6, 6.07) is 5.52. The van der Waals surface area contributed by atoms with Crippen molar-refractivity contribution in [2.45, 2.75) is 20.4 Å². The highest BCUT2D eigenvalue weighted by molar-refractivity contribution is 5.27. The molecule has 0 spiro atoms. The van der Waals surface area contributed by atoms with Crippen molar-refractivity contribution in [3.8, 4) is 11.8 Å². The molecule has 1 aromatic heterocycles. The number of aromatic hydroxyl groups is 1. The fourth-order valence-corrected chi connectivity index (χ4v) is 1.19. The minimum atomic E-state index is -0.0306. The predicted octanol–water partition coefficient (Wildman–Crippen LogP) is 1.34. The van der Waals surface area contributed by atoms with Crippen LogP contribution >= 0.6 is 0 Å². The van der Waals surface area contributed by atoms with Gasteiger partial charge in [-0.3, -0.25) is 4.98 Å². The maximum Gasteiger partial charge on any atom is 0.138 e. The third-order valence-corrected chi connectivity index (χ3v) is 2.05. The van der Waals surface area contributed by atoms with Crippen LogP contribution in [0, 0.1) is 24.2 Å². The Bertz CT molecular complexity index is 371. The molecule has 0 fully saturated rings. The van der Waals surface area contributed by atoms with Gasteiger partial charge in [-0.15, -0.1) is 0 Å². The first-order valence-corrected chi connectivity index (χ1v) is 4.89. The van der Waals surface area contributed by atoms with E-state index in [0.29, 0.717) is 18.8 Å². The summed E-state index contributed by atoms with van der Waals surface area (Å²) >= 11 is 0. The summed E-state index contributed by atoms with van der Waals surface area (Å²) in [5.74, 6) is 0.162. The van der Waals surface area contributed by atoms with E-state index in [1.165, 1.54) is 0 Å². The monoisotopic (exact) mass is 205 g/mol. The third kappa shape index (κ3) is 3.56. The molecule has 0 aromatic carbocycles. The number of aryl methyl sites for hydroxylation is 1. The summed E-state index contributed by atoms with van der Waals surface area (Å²) in [4.78, 5) is 4.20. The number of nitrogens with zero attached hydrogens (tertiary/aromatic N) is 2. The minimum absolute atomic E-state index is 0.0306. The van der Waals surface area contributed by atoms with Gasteiger partial charge in [-0.2, -0.15) is 5.26 Å². The van der Waals surface area contributed by atoms with Gasteiger partial charge in [0.05, 0.1) is 17.7 Å². The minimum Gasteiger partial charge on any atom is -0.506 e. The van der Waals surface area contributed by atoms with E-state index in [4.69, 9.17) is 5.26 Å². The average molecular weight is 205 g/mol. The zero-order valence-electron chi connectivity index (χ0n) is 8.99. The van der Waals surface area contributed by atoms with Gasteiger partial charge in [0.15, 0.2) is 0 Å². The largest absolute Gasteiger partial charge is 0.506 e. The van der Waals surface area contributed by atoms with E-state index < -0.39 is 0 Å². The predicted molar refractivity (Wildman–Crippen MR) is 57.1 cm³/mol. The van der Waals surface area contributed by atoms with Gasteiger partial charge in [0, 0.05) is 18.8 Å². The first-order chi connectivity index (χ1) is 7.13. The summed E-state index contributed by atoms with van der Waals surface area (Å²) < 4.78 is 0. The highest BCUT2D eigenvalue weighted by Crippen LogP contribution is 2.13. The van der Waals surface area contributed by atoms with Crippen LogP contribution in [0.15, 0.2) is 12.1 Å². The molecule has 4 heteroatoms. The van der Waals surface area contributed by atoms with Crippen LogP contribution in [-0.4, -0.2) is 16.6 Å². The van der Waals surface area contributed by atoms with Crippen molar-refractivity contribution in [3.63, 3.8) is 0 Å². The Kier molecular flexibility index (Phi) is 4.07. The second-order valence-corrected chi connectivity index (χ2v) is 3.58. The highest BCUT2D eigenvalue weighted by atomic mass is 16.3. The second-order valence-electron chi connectivity index (χ2n) is 3.58. The fraction of sp³-hybridized carbons (Fsp3) is 0.455. The highest BCUT2D eigenvalue weighted by Gasteiger charge is 2.04. The zero-order valence-corrected chi connectivity index (χ0v) is 8.99. The molecule has 0 saturated carbocycles. The second kappa shape index (κ2) is 5.32. The average Bonchev–Trinajstić information content (AvgIpc) is 2.23. The molecule has 0 aliphatic rings. The van der Waals surface area contributed by atoms with E-state index >= 15 is 0 Å². The van der Waals surface area contributed by atoms with Crippen LogP contribution in [0.2, 0.25) is 0 Å². The molecule has 0 saturated heterocycles. The topological polar surface area (TPSA) is 68.9 Å². The van der Waals surface area contributed by atoms with Crippen LogP contribution in [-0.2, 0) is 6.54 Å². The maximum absolute atomic E-state index is 9.49. The smallest absolute Gasteiger partial charge is 0.138 e. The van der Waals surface area contributed by atoms with E-state index in [0.717, 1.165) is 5.69 Å². The number of hydrogen-bond donors (Lipinski definition) is 2. The molecular formula is C11H15N3O. The van der Waals surface area contributed by atoms with Gasteiger partial charge in [-0.25, -0.2) is 0 Å². The van der Waals surface area contributed by atoms with Crippen molar-refractivity contribution in [1.82, 2.24) is 10.3 Å². The van der Waals surface area contributed by atoms with E-state index in [-0.39, 0.29) is 11.7 Å². The van der Waals surface area contributed by atoms with Crippen molar-refractivity contribution >= 4 is 0 Å². The Morgan fingerprint density at radius 1 is 1.60 bits per heavy atom. The van der Waals surface area contributed by atoms with Gasteiger partial charge in [0.2, 0.25) is 0 Å². The third-order valence-electron chi connectivity index (χ3n) is 2.05. The molecule has 1 rings (SSSR count). The molecule has 15 heavy (non-hydrogen) atoms. The summed E-state index contributed by atoms with van der Waals surface area (Å²) in [6.07, 6.45) is 0. The Morgan fingerprint density at radius 3 is 3.00 bits per heavy atom. The van der Waals surface area contributed by atoms with Gasteiger partial charge in [0.1, 0.15) is 5.75 Å². The first-order valence-electron chi connectivity index (χ1n) is 4.89. The lowest BCUT2D eigenvalue weighted by Crippen LogP contribution is -2.20. The molecule has 0 bridgehead atoms. The van der Waals surface area contributed by atoms with Gasteiger partial charge >= 0.3 is 0 Å². The van der Waals surface area contributed by atoms with Crippen LogP contribution in [0.25, 0.3) is 0 Å². The molecule has 80 valence electrons. The molecular weight excluding hydrogens is 190 g/mol. The molecule has 0 radical (unpaired) electrons. The maximum atomic E-state index is 9.49. The number of hydrogen-bond acceptors (Lipinski definition) is 4. The quantitative estimate of drug-likeness (QED) is 0.778. The molecule has 2 N–H and O–H groups in total. The first kappa shape index (κ1) is 11.5. The molecule has 0 aliphatic carbocycles. The van der Waals surface area contributed by atoms with Crippen molar-refractivity contribution in [2.75, 3.05) is 6.54 Å². The van der Waals surface area contributed by atoms with Crippen LogP contribution in [0.1, 0.15) is 18.3 Å². The number of nitriles is 1. The summed E-state index contributed by atoms with van der Waals surface area (Å²) in [6.45, 7) is 4.81. The molecule has 1 aromatic rings. The van der Waals surface area contributed by atoms with Crippen LogP contribution in [0.3, 0.4) is 0 Å². The van der Waals surface area contributed by atoms with Gasteiger partial charge in [0.25, 0.3) is 0 Å². The van der Waals surface area contributed by atoms with Crippen molar-refractivity contribution in [2.24, 2.45) is 5.92 Å². The summed E-state index contributed by atoms with van der Waals surface area (Å²) in [5, 5.41) is 21.1. The SMILES string of the molecule is Cc1ccc(O)c(CNCC(C)C#N)n1. The van der Waals surface area contributed by atoms with Crippen LogP contribution < -0.4 is 5.32 Å². The van der Waals surface area contributed by atoms with Gasteiger partial charge in [-0.05, 0) is 26.0 Å². The molecule has 0 amide bonds. The number of aromatic nitrogens is 1. The Labute approximate surface area is 89.6 Å². The van der Waals surface area contributed by atoms with E-state index in [1.54, 1.807) is 12.1 Å². The lowest BCUT2D eigenvalue weighted by atomic mass is 10.2. The summed E-state index contributed by atoms with van der Waals surface area (Å²) in [5.41, 5.74) is 1.50.